The largest absolute Gasteiger partial charge is 0.490 e. The van der Waals surface area contributed by atoms with Crippen LogP contribution in [0.5, 0.6) is 23.0 Å². The summed E-state index contributed by atoms with van der Waals surface area (Å²) in [6.07, 6.45) is 4.73. The molecule has 0 aliphatic carbocycles. The van der Waals surface area contributed by atoms with Gasteiger partial charge in [-0.1, -0.05) is 50.6 Å². The minimum Gasteiger partial charge on any atom is -0.490 e. The third-order valence-electron chi connectivity index (χ3n) is 7.02. The third-order valence-corrected chi connectivity index (χ3v) is 7.02. The van der Waals surface area contributed by atoms with Crippen molar-refractivity contribution in [3.05, 3.63) is 84.4 Å². The molecule has 0 saturated carbocycles. The van der Waals surface area contributed by atoms with Gasteiger partial charge in [-0.2, -0.15) is 0 Å². The van der Waals surface area contributed by atoms with E-state index in [4.69, 9.17) is 38.6 Å². The maximum atomic E-state index is 11.8. The summed E-state index contributed by atoms with van der Waals surface area (Å²) in [6, 6.07) is 21.1. The molecule has 3 aromatic carbocycles. The lowest BCUT2D eigenvalue weighted by Gasteiger charge is -2.14. The van der Waals surface area contributed by atoms with E-state index in [1.165, 1.54) is 24.8 Å². The zero-order valence-electron chi connectivity index (χ0n) is 27.3. The molecule has 10 heteroatoms. The molecule has 0 amide bonds. The van der Waals surface area contributed by atoms with E-state index in [-0.39, 0.29) is 38.6 Å². The van der Waals surface area contributed by atoms with Crippen LogP contribution in [0.2, 0.25) is 0 Å². The minimum atomic E-state index is -0.695. The second kappa shape index (κ2) is 20.6. The number of hydrogen-bond donors (Lipinski definition) is 2. The Balaban J connectivity index is 1.56. The Hall–Kier alpha value is -4.54. The molecule has 3 rings (SSSR count). The van der Waals surface area contributed by atoms with Crippen molar-refractivity contribution in [2.24, 2.45) is 5.92 Å². The van der Waals surface area contributed by atoms with Gasteiger partial charge in [0.1, 0.15) is 62.6 Å². The third kappa shape index (κ3) is 13.4. The van der Waals surface area contributed by atoms with Crippen LogP contribution in [0.15, 0.2) is 78.9 Å². The first-order valence-corrected chi connectivity index (χ1v) is 15.9. The van der Waals surface area contributed by atoms with Gasteiger partial charge >= 0.3 is 11.9 Å². The van der Waals surface area contributed by atoms with Gasteiger partial charge in [-0.25, -0.2) is 4.79 Å². The number of carbonyl (C=O) groups excluding carboxylic acids is 2. The number of carbonyl (C=O) groups is 2. The molecular weight excluding hydrogens is 604 g/mol. The van der Waals surface area contributed by atoms with E-state index in [0.29, 0.717) is 30.5 Å². The number of ether oxygens (including phenoxy) is 6. The summed E-state index contributed by atoms with van der Waals surface area (Å²) in [5, 5.41) is 18.1. The molecule has 10 nitrogen and oxygen atoms in total. The first-order valence-electron chi connectivity index (χ1n) is 15.9. The van der Waals surface area contributed by atoms with Crippen LogP contribution in [-0.2, 0) is 25.5 Å². The minimum absolute atomic E-state index is 0.00833. The smallest absolute Gasteiger partial charge is 0.335 e. The van der Waals surface area contributed by atoms with Crippen LogP contribution in [-0.4, -0.2) is 75.0 Å². The number of unbranched alkanes of at least 4 members (excludes halogenated alkanes) is 2. The van der Waals surface area contributed by atoms with Crippen LogP contribution < -0.4 is 18.9 Å². The highest BCUT2D eigenvalue weighted by Crippen LogP contribution is 2.31. The number of aryl methyl sites for hydroxylation is 1. The fraction of sp³-hybridized carbons (Fsp3) is 0.405. The fourth-order valence-electron chi connectivity index (χ4n) is 4.28. The van der Waals surface area contributed by atoms with Gasteiger partial charge in [0, 0.05) is 6.07 Å². The van der Waals surface area contributed by atoms with Crippen molar-refractivity contribution in [3.8, 4) is 34.1 Å². The highest BCUT2D eigenvalue weighted by atomic mass is 16.6. The zero-order chi connectivity index (χ0) is 33.9. The Kier molecular flexibility index (Phi) is 16.1. The second-order valence-electron chi connectivity index (χ2n) is 10.9. The molecular formula is C37H46O10. The molecule has 0 radical (unpaired) electrons. The first kappa shape index (κ1) is 36.9. The summed E-state index contributed by atoms with van der Waals surface area (Å²) in [4.78, 5) is 23.6. The Morgan fingerprint density at radius 1 is 0.681 bits per heavy atom. The lowest BCUT2D eigenvalue weighted by atomic mass is 10.0. The molecule has 0 aromatic heterocycles. The molecule has 1 atom stereocenters. The molecule has 0 aliphatic rings. The van der Waals surface area contributed by atoms with Gasteiger partial charge in [0.25, 0.3) is 0 Å². The van der Waals surface area contributed by atoms with Crippen LogP contribution in [0.25, 0.3) is 11.1 Å². The van der Waals surface area contributed by atoms with Crippen LogP contribution in [0.3, 0.4) is 0 Å². The quantitative estimate of drug-likeness (QED) is 0.0809. The Bertz CT molecular complexity index is 1390. The van der Waals surface area contributed by atoms with E-state index in [2.05, 4.69) is 25.6 Å². The highest BCUT2D eigenvalue weighted by molar-refractivity contribution is 5.87. The molecule has 47 heavy (non-hydrogen) atoms. The Labute approximate surface area is 276 Å². The summed E-state index contributed by atoms with van der Waals surface area (Å²) in [5.41, 5.74) is 2.94. The van der Waals surface area contributed by atoms with Gasteiger partial charge in [-0.15, -0.1) is 0 Å². The van der Waals surface area contributed by atoms with Crippen molar-refractivity contribution < 1.29 is 48.2 Å². The lowest BCUT2D eigenvalue weighted by Crippen LogP contribution is -2.20. The maximum Gasteiger partial charge on any atom is 0.335 e. The molecule has 2 N–H and O–H groups in total. The van der Waals surface area contributed by atoms with E-state index < -0.39 is 24.5 Å². The first-order chi connectivity index (χ1) is 22.8. The number of hydrogen-bond acceptors (Lipinski definition) is 10. The Morgan fingerprint density at radius 2 is 1.21 bits per heavy atom. The number of benzene rings is 3. The maximum absolute atomic E-state index is 11.8. The van der Waals surface area contributed by atoms with Crippen molar-refractivity contribution >= 4 is 11.9 Å². The molecule has 254 valence electrons. The van der Waals surface area contributed by atoms with E-state index in [1.54, 1.807) is 13.0 Å². The average molecular weight is 651 g/mol. The van der Waals surface area contributed by atoms with E-state index in [0.717, 1.165) is 23.3 Å². The van der Waals surface area contributed by atoms with Crippen molar-refractivity contribution in [1.29, 1.82) is 0 Å². The summed E-state index contributed by atoms with van der Waals surface area (Å²) in [6.45, 7) is 7.35. The van der Waals surface area contributed by atoms with Gasteiger partial charge in [-0.05, 0) is 72.9 Å². The van der Waals surface area contributed by atoms with Gasteiger partial charge in [0.2, 0.25) is 0 Å². The average Bonchev–Trinajstić information content (AvgIpc) is 3.10. The van der Waals surface area contributed by atoms with E-state index >= 15 is 0 Å². The Morgan fingerprint density at radius 3 is 1.77 bits per heavy atom. The second-order valence-corrected chi connectivity index (χ2v) is 10.9. The van der Waals surface area contributed by atoms with Crippen molar-refractivity contribution in [1.82, 2.24) is 0 Å². The van der Waals surface area contributed by atoms with E-state index in [1.807, 2.05) is 48.5 Å². The van der Waals surface area contributed by atoms with Gasteiger partial charge in [0.15, 0.2) is 0 Å². The monoisotopic (exact) mass is 650 g/mol. The molecule has 3 aromatic rings. The van der Waals surface area contributed by atoms with Crippen molar-refractivity contribution in [2.75, 3.05) is 52.9 Å². The molecule has 0 bridgehead atoms. The predicted molar refractivity (Wildman–Crippen MR) is 178 cm³/mol. The molecule has 0 saturated heterocycles. The molecule has 1 unspecified atom stereocenters. The summed E-state index contributed by atoms with van der Waals surface area (Å²) >= 11 is 0. The van der Waals surface area contributed by atoms with Crippen LogP contribution in [0.4, 0.5) is 0 Å². The molecule has 0 aliphatic heterocycles. The highest BCUT2D eigenvalue weighted by Gasteiger charge is 2.13. The number of aliphatic hydroxyl groups excluding tert-OH is 2. The van der Waals surface area contributed by atoms with Gasteiger partial charge in [-0.3, -0.25) is 4.79 Å². The predicted octanol–water partition coefficient (Wildman–Crippen LogP) is 5.57. The standard InChI is InChI=1S/C37H46O10/c1-4-5-6-7-29-8-12-32(13-9-29)42-16-17-43-33-14-10-30(11-15-33)31-22-34(44-18-20-46-36(40)27(2)25-38)24-35(23-31)45-19-21-47-37(41)28(3)26-39/h8-15,22-24,28,38-39H,2,4-7,16-21,25-26H2,1,3H3. The molecule has 0 heterocycles. The SMILES string of the molecule is C=C(CO)C(=O)OCCOc1cc(OCCOC(=O)C(C)CO)cc(-c2ccc(OCCOc3ccc(CCCCC)cc3)cc2)c1. The van der Waals surface area contributed by atoms with Crippen LogP contribution in [0, 0.1) is 5.92 Å². The topological polar surface area (TPSA) is 130 Å². The number of rotatable bonds is 22. The number of aliphatic hydroxyl groups is 2. The van der Waals surface area contributed by atoms with Gasteiger partial charge < -0.3 is 38.6 Å². The van der Waals surface area contributed by atoms with Crippen molar-refractivity contribution in [3.63, 3.8) is 0 Å². The van der Waals surface area contributed by atoms with Gasteiger partial charge in [0.05, 0.1) is 24.7 Å². The van der Waals surface area contributed by atoms with E-state index in [9.17, 15) is 9.59 Å². The lowest BCUT2D eigenvalue weighted by molar-refractivity contribution is -0.149. The fourth-order valence-corrected chi connectivity index (χ4v) is 4.28. The molecule has 0 spiro atoms. The molecule has 0 fully saturated rings. The zero-order valence-corrected chi connectivity index (χ0v) is 27.3. The number of esters is 2. The normalized spacial score (nSPS) is 11.3. The summed E-state index contributed by atoms with van der Waals surface area (Å²) < 4.78 is 33.6. The summed E-state index contributed by atoms with van der Waals surface area (Å²) in [5.74, 6) is 0.631. The summed E-state index contributed by atoms with van der Waals surface area (Å²) in [7, 11) is 0. The van der Waals surface area contributed by atoms with Crippen LogP contribution >= 0.6 is 0 Å². The van der Waals surface area contributed by atoms with Crippen molar-refractivity contribution in [2.45, 2.75) is 39.5 Å². The van der Waals surface area contributed by atoms with Crippen LogP contribution in [0.1, 0.15) is 38.7 Å².